The van der Waals surface area contributed by atoms with Crippen molar-refractivity contribution in [3.63, 3.8) is 0 Å². The molecule has 0 aliphatic heterocycles. The minimum atomic E-state index is -0.692. The van der Waals surface area contributed by atoms with E-state index in [1.54, 1.807) is 0 Å². The Balaban J connectivity index is 2.00. The first-order chi connectivity index (χ1) is 6.39. The average Bonchev–Trinajstić information content (AvgIpc) is 3.03. The van der Waals surface area contributed by atoms with E-state index in [2.05, 4.69) is 0 Å². The average molecular weight is 276 g/mol. The number of hydrogen-bond acceptors (Lipinski definition) is 1. The van der Waals surface area contributed by atoms with E-state index in [1.165, 1.54) is 0 Å². The molecule has 2 rings (SSSR count). The SMILES string of the molecule is O=C(C(Cl)C1(Cl)CC1)C(Cl)C1(Cl)CC1. The molecule has 5 heteroatoms. The van der Waals surface area contributed by atoms with Gasteiger partial charge in [0.2, 0.25) is 0 Å². The van der Waals surface area contributed by atoms with Gasteiger partial charge in [-0.2, -0.15) is 0 Å². The van der Waals surface area contributed by atoms with Gasteiger partial charge in [-0.1, -0.05) is 0 Å². The van der Waals surface area contributed by atoms with Crippen molar-refractivity contribution >= 4 is 52.2 Å². The maximum absolute atomic E-state index is 11.8. The molecule has 2 saturated carbocycles. The fourth-order valence-corrected chi connectivity index (χ4v) is 2.54. The highest BCUT2D eigenvalue weighted by atomic mass is 35.5. The highest BCUT2D eigenvalue weighted by Crippen LogP contribution is 2.52. The maximum atomic E-state index is 11.8. The minimum Gasteiger partial charge on any atom is -0.296 e. The van der Waals surface area contributed by atoms with Gasteiger partial charge in [-0.25, -0.2) is 0 Å². The summed E-state index contributed by atoms with van der Waals surface area (Å²) >= 11 is 24.0. The monoisotopic (exact) mass is 274 g/mol. The summed E-state index contributed by atoms with van der Waals surface area (Å²) in [5.74, 6) is -0.215. The van der Waals surface area contributed by atoms with E-state index in [0.717, 1.165) is 25.7 Å². The largest absolute Gasteiger partial charge is 0.296 e. The van der Waals surface area contributed by atoms with E-state index in [-0.39, 0.29) is 5.78 Å². The zero-order chi connectivity index (χ0) is 10.6. The van der Waals surface area contributed by atoms with Gasteiger partial charge < -0.3 is 0 Å². The molecule has 2 atom stereocenters. The van der Waals surface area contributed by atoms with Crippen molar-refractivity contribution in [3.8, 4) is 0 Å². The van der Waals surface area contributed by atoms with Crippen LogP contribution in [-0.2, 0) is 4.79 Å². The number of carbonyl (C=O) groups excluding carboxylic acids is 1. The second-order valence-electron chi connectivity index (χ2n) is 4.20. The van der Waals surface area contributed by atoms with Gasteiger partial charge in [0.15, 0.2) is 5.78 Å². The van der Waals surface area contributed by atoms with Gasteiger partial charge in [0, 0.05) is 0 Å². The third-order valence-corrected chi connectivity index (χ3v) is 5.54. The molecule has 0 saturated heterocycles. The summed E-state index contributed by atoms with van der Waals surface area (Å²) in [6, 6.07) is 0. The number of carbonyl (C=O) groups is 1. The van der Waals surface area contributed by atoms with Crippen molar-refractivity contribution in [2.75, 3.05) is 0 Å². The lowest BCUT2D eigenvalue weighted by molar-refractivity contribution is -0.118. The van der Waals surface area contributed by atoms with Gasteiger partial charge in [0.05, 0.1) is 9.75 Å². The molecule has 14 heavy (non-hydrogen) atoms. The third-order valence-electron chi connectivity index (χ3n) is 2.86. The quantitative estimate of drug-likeness (QED) is 0.720. The van der Waals surface area contributed by atoms with Crippen LogP contribution in [0.1, 0.15) is 25.7 Å². The fraction of sp³-hybridized carbons (Fsp3) is 0.889. The van der Waals surface area contributed by atoms with Gasteiger partial charge in [0.1, 0.15) is 10.8 Å². The van der Waals surface area contributed by atoms with Crippen LogP contribution in [0.15, 0.2) is 0 Å². The Labute approximate surface area is 103 Å². The van der Waals surface area contributed by atoms with E-state index >= 15 is 0 Å². The smallest absolute Gasteiger partial charge is 0.172 e. The highest BCUT2D eigenvalue weighted by molar-refractivity contribution is 6.48. The first-order valence-electron chi connectivity index (χ1n) is 4.59. The number of Topliss-reactive ketones (excluding diaryl/α,β-unsaturated/α-hetero) is 1. The van der Waals surface area contributed by atoms with Gasteiger partial charge in [0.25, 0.3) is 0 Å². The van der Waals surface area contributed by atoms with Crippen LogP contribution < -0.4 is 0 Å². The van der Waals surface area contributed by atoms with Crippen molar-refractivity contribution in [2.45, 2.75) is 46.2 Å². The molecular weight excluding hydrogens is 266 g/mol. The predicted molar refractivity (Wildman–Crippen MR) is 59.9 cm³/mol. The minimum absolute atomic E-state index is 0.215. The number of ketones is 1. The number of alkyl halides is 4. The Hall–Kier alpha value is 0.830. The van der Waals surface area contributed by atoms with Crippen LogP contribution in [0.5, 0.6) is 0 Å². The molecule has 0 aromatic heterocycles. The Bertz CT molecular complexity index is 244. The fourth-order valence-electron chi connectivity index (χ4n) is 1.38. The molecule has 80 valence electrons. The first-order valence-corrected chi connectivity index (χ1v) is 6.22. The molecule has 0 N–H and O–H groups in total. The van der Waals surface area contributed by atoms with Crippen LogP contribution >= 0.6 is 46.4 Å². The van der Waals surface area contributed by atoms with Crippen LogP contribution in [0.25, 0.3) is 0 Å². The molecule has 2 unspecified atom stereocenters. The third kappa shape index (κ3) is 1.89. The maximum Gasteiger partial charge on any atom is 0.172 e. The zero-order valence-corrected chi connectivity index (χ0v) is 10.4. The van der Waals surface area contributed by atoms with E-state index in [4.69, 9.17) is 46.4 Å². The molecular formula is C9H10Cl4O. The lowest BCUT2D eigenvalue weighted by Crippen LogP contribution is -2.38. The molecule has 0 amide bonds. The van der Waals surface area contributed by atoms with Crippen molar-refractivity contribution in [2.24, 2.45) is 0 Å². The van der Waals surface area contributed by atoms with Gasteiger partial charge in [-0.05, 0) is 25.7 Å². The summed E-state index contributed by atoms with van der Waals surface area (Å²) in [7, 11) is 0. The number of hydrogen-bond donors (Lipinski definition) is 0. The van der Waals surface area contributed by atoms with Crippen LogP contribution in [0, 0.1) is 0 Å². The summed E-state index contributed by atoms with van der Waals surface area (Å²) < 4.78 is 0. The molecule has 0 heterocycles. The summed E-state index contributed by atoms with van der Waals surface area (Å²) in [4.78, 5) is 10.7. The summed E-state index contributed by atoms with van der Waals surface area (Å²) in [6.45, 7) is 0. The van der Waals surface area contributed by atoms with Crippen LogP contribution in [0.4, 0.5) is 0 Å². The second kappa shape index (κ2) is 3.41. The van der Waals surface area contributed by atoms with E-state index < -0.39 is 20.5 Å². The van der Waals surface area contributed by atoms with Gasteiger partial charge in [-0.3, -0.25) is 4.79 Å². The Morgan fingerprint density at radius 1 is 0.929 bits per heavy atom. The second-order valence-corrected chi connectivity index (χ2v) is 6.58. The number of rotatable bonds is 4. The first kappa shape index (κ1) is 11.3. The van der Waals surface area contributed by atoms with Crippen molar-refractivity contribution < 1.29 is 4.79 Å². The zero-order valence-electron chi connectivity index (χ0n) is 7.40. The molecule has 0 aromatic rings. The van der Waals surface area contributed by atoms with Crippen LogP contribution in [-0.4, -0.2) is 26.3 Å². The molecule has 2 fully saturated rings. The van der Waals surface area contributed by atoms with Crippen LogP contribution in [0.2, 0.25) is 0 Å². The molecule has 0 aromatic carbocycles. The Morgan fingerprint density at radius 2 is 1.21 bits per heavy atom. The van der Waals surface area contributed by atoms with Crippen LogP contribution in [0.3, 0.4) is 0 Å². The van der Waals surface area contributed by atoms with E-state index in [1.807, 2.05) is 0 Å². The molecule has 2 aliphatic rings. The molecule has 0 spiro atoms. The molecule has 2 aliphatic carbocycles. The predicted octanol–water partition coefficient (Wildman–Crippen LogP) is 3.31. The number of halogens is 4. The Morgan fingerprint density at radius 3 is 1.43 bits per heavy atom. The lowest BCUT2D eigenvalue weighted by atomic mass is 10.1. The topological polar surface area (TPSA) is 17.1 Å². The highest BCUT2D eigenvalue weighted by Gasteiger charge is 2.57. The van der Waals surface area contributed by atoms with Crippen molar-refractivity contribution in [1.29, 1.82) is 0 Å². The van der Waals surface area contributed by atoms with E-state index in [9.17, 15) is 4.79 Å². The van der Waals surface area contributed by atoms with Gasteiger partial charge >= 0.3 is 0 Å². The normalized spacial score (nSPS) is 30.6. The standard InChI is InChI=1S/C9H10Cl4O/c10-6(8(12)1-2-8)5(14)7(11)9(13)3-4-9/h6-7H,1-4H2. The molecule has 0 bridgehead atoms. The molecule has 1 nitrogen and oxygen atoms in total. The summed E-state index contributed by atoms with van der Waals surface area (Å²) in [6.07, 6.45) is 3.14. The summed E-state index contributed by atoms with van der Waals surface area (Å²) in [5.41, 5.74) is 0. The van der Waals surface area contributed by atoms with Crippen molar-refractivity contribution in [3.05, 3.63) is 0 Å². The van der Waals surface area contributed by atoms with E-state index in [0.29, 0.717) is 0 Å². The lowest BCUT2D eigenvalue weighted by Gasteiger charge is -2.19. The van der Waals surface area contributed by atoms with Gasteiger partial charge in [-0.15, -0.1) is 46.4 Å². The summed E-state index contributed by atoms with van der Waals surface area (Å²) in [5, 5.41) is -1.38. The van der Waals surface area contributed by atoms with Crippen molar-refractivity contribution in [1.82, 2.24) is 0 Å². The Kier molecular flexibility index (Phi) is 2.76. The molecule has 0 radical (unpaired) electrons.